The molecule has 2 aromatic rings. The Hall–Kier alpha value is -1.41. The summed E-state index contributed by atoms with van der Waals surface area (Å²) in [6, 6.07) is 8.34. The summed E-state index contributed by atoms with van der Waals surface area (Å²) in [4.78, 5) is 4.51. The number of pyridine rings is 1. The molecule has 1 aromatic carbocycles. The van der Waals surface area contributed by atoms with Gasteiger partial charge < -0.3 is 5.73 Å². The summed E-state index contributed by atoms with van der Waals surface area (Å²) in [6.07, 6.45) is 0. The van der Waals surface area contributed by atoms with Crippen LogP contribution < -0.4 is 5.73 Å². The molecule has 2 heteroatoms. The molecule has 0 fully saturated rings. The van der Waals surface area contributed by atoms with Crippen LogP contribution in [0, 0.1) is 13.8 Å². The van der Waals surface area contributed by atoms with Crippen molar-refractivity contribution in [3.63, 3.8) is 0 Å². The molecule has 0 saturated carbocycles. The number of nitrogens with zero attached hydrogens (tertiary/aromatic N) is 1. The van der Waals surface area contributed by atoms with E-state index in [2.05, 4.69) is 30.1 Å². The quantitative estimate of drug-likeness (QED) is 0.742. The van der Waals surface area contributed by atoms with Crippen molar-refractivity contribution in [3.8, 4) is 0 Å². The minimum Gasteiger partial charge on any atom is -0.326 e. The van der Waals surface area contributed by atoms with E-state index in [1.54, 1.807) is 0 Å². The fourth-order valence-electron chi connectivity index (χ4n) is 1.71. The Morgan fingerprint density at radius 1 is 1.21 bits per heavy atom. The highest BCUT2D eigenvalue weighted by Crippen LogP contribution is 2.18. The summed E-state index contributed by atoms with van der Waals surface area (Å²) in [7, 11) is 0. The van der Waals surface area contributed by atoms with Gasteiger partial charge in [-0.15, -0.1) is 0 Å². The van der Waals surface area contributed by atoms with Crippen LogP contribution in [0.25, 0.3) is 10.9 Å². The van der Waals surface area contributed by atoms with Crippen LogP contribution in [0.1, 0.15) is 16.8 Å². The summed E-state index contributed by atoms with van der Waals surface area (Å²) in [5, 5.41) is 1.18. The van der Waals surface area contributed by atoms with Crippen LogP contribution in [-0.2, 0) is 6.54 Å². The first-order chi connectivity index (χ1) is 6.70. The second kappa shape index (κ2) is 3.39. The SMILES string of the molecule is Cc1ccc2cc(CN)cc(C)c2n1. The first-order valence-corrected chi connectivity index (χ1v) is 4.77. The third kappa shape index (κ3) is 1.49. The number of fused-ring (bicyclic) bond motifs is 1. The van der Waals surface area contributed by atoms with E-state index < -0.39 is 0 Å². The highest BCUT2D eigenvalue weighted by Gasteiger charge is 2.01. The second-order valence-corrected chi connectivity index (χ2v) is 3.64. The smallest absolute Gasteiger partial charge is 0.0734 e. The van der Waals surface area contributed by atoms with Gasteiger partial charge in [0.1, 0.15) is 0 Å². The lowest BCUT2D eigenvalue weighted by Gasteiger charge is -2.05. The van der Waals surface area contributed by atoms with E-state index in [9.17, 15) is 0 Å². The molecule has 0 aliphatic carbocycles. The average Bonchev–Trinajstić information content (AvgIpc) is 2.19. The van der Waals surface area contributed by atoms with Crippen molar-refractivity contribution in [3.05, 3.63) is 41.1 Å². The van der Waals surface area contributed by atoms with E-state index in [0.29, 0.717) is 6.54 Å². The van der Waals surface area contributed by atoms with Crippen molar-refractivity contribution in [2.24, 2.45) is 5.73 Å². The molecule has 72 valence electrons. The topological polar surface area (TPSA) is 38.9 Å². The van der Waals surface area contributed by atoms with E-state index in [1.807, 2.05) is 13.0 Å². The Morgan fingerprint density at radius 2 is 2.00 bits per heavy atom. The van der Waals surface area contributed by atoms with Gasteiger partial charge in [0.25, 0.3) is 0 Å². The molecule has 0 atom stereocenters. The van der Waals surface area contributed by atoms with Crippen molar-refractivity contribution < 1.29 is 0 Å². The van der Waals surface area contributed by atoms with E-state index in [0.717, 1.165) is 11.2 Å². The summed E-state index contributed by atoms with van der Waals surface area (Å²) >= 11 is 0. The maximum atomic E-state index is 5.62. The lowest BCUT2D eigenvalue weighted by molar-refractivity contribution is 1.07. The standard InChI is InChI=1S/C12H14N2/c1-8-5-10(7-13)6-11-4-3-9(2)14-12(8)11/h3-6H,7,13H2,1-2H3. The first kappa shape index (κ1) is 9.16. The Bertz CT molecular complexity index is 475. The molecule has 1 aromatic heterocycles. The minimum absolute atomic E-state index is 0.588. The summed E-state index contributed by atoms with van der Waals surface area (Å²) < 4.78 is 0. The molecular weight excluding hydrogens is 172 g/mol. The van der Waals surface area contributed by atoms with Crippen LogP contribution in [0.4, 0.5) is 0 Å². The number of benzene rings is 1. The van der Waals surface area contributed by atoms with Crippen molar-refractivity contribution in [1.29, 1.82) is 0 Å². The Morgan fingerprint density at radius 3 is 2.71 bits per heavy atom. The molecule has 2 nitrogen and oxygen atoms in total. The molecule has 2 N–H and O–H groups in total. The molecule has 0 unspecified atom stereocenters. The molecule has 2 rings (SSSR count). The predicted molar refractivity (Wildman–Crippen MR) is 59.1 cm³/mol. The van der Waals surface area contributed by atoms with Crippen LogP contribution in [-0.4, -0.2) is 4.98 Å². The van der Waals surface area contributed by atoms with Gasteiger partial charge in [-0.05, 0) is 37.1 Å². The van der Waals surface area contributed by atoms with E-state index in [-0.39, 0.29) is 0 Å². The lowest BCUT2D eigenvalue weighted by atomic mass is 10.1. The van der Waals surface area contributed by atoms with Crippen molar-refractivity contribution in [2.75, 3.05) is 0 Å². The summed E-state index contributed by atoms with van der Waals surface area (Å²) in [5.74, 6) is 0. The Labute approximate surface area is 83.8 Å². The molecule has 0 bridgehead atoms. The van der Waals surface area contributed by atoms with Crippen LogP contribution in [0.2, 0.25) is 0 Å². The van der Waals surface area contributed by atoms with E-state index in [4.69, 9.17) is 5.73 Å². The van der Waals surface area contributed by atoms with Gasteiger partial charge in [-0.3, -0.25) is 4.98 Å². The van der Waals surface area contributed by atoms with Gasteiger partial charge in [0.2, 0.25) is 0 Å². The molecule has 0 aliphatic heterocycles. The monoisotopic (exact) mass is 186 g/mol. The Balaban J connectivity index is 2.76. The number of nitrogens with two attached hydrogens (primary N) is 1. The normalized spacial score (nSPS) is 10.8. The van der Waals surface area contributed by atoms with Gasteiger partial charge >= 0.3 is 0 Å². The summed E-state index contributed by atoms with van der Waals surface area (Å²) in [6.45, 7) is 4.67. The van der Waals surface area contributed by atoms with Gasteiger partial charge in [-0.1, -0.05) is 12.1 Å². The van der Waals surface area contributed by atoms with Crippen molar-refractivity contribution in [1.82, 2.24) is 4.98 Å². The third-order valence-electron chi connectivity index (χ3n) is 2.42. The number of aromatic nitrogens is 1. The lowest BCUT2D eigenvalue weighted by Crippen LogP contribution is -1.97. The maximum absolute atomic E-state index is 5.62. The fourth-order valence-corrected chi connectivity index (χ4v) is 1.71. The van der Waals surface area contributed by atoms with Crippen LogP contribution in [0.15, 0.2) is 24.3 Å². The number of hydrogen-bond acceptors (Lipinski definition) is 2. The van der Waals surface area contributed by atoms with Crippen LogP contribution >= 0.6 is 0 Å². The van der Waals surface area contributed by atoms with E-state index >= 15 is 0 Å². The molecule has 0 aliphatic rings. The predicted octanol–water partition coefficient (Wildman–Crippen LogP) is 2.31. The number of aryl methyl sites for hydroxylation is 2. The fraction of sp³-hybridized carbons (Fsp3) is 0.250. The van der Waals surface area contributed by atoms with Gasteiger partial charge in [-0.2, -0.15) is 0 Å². The molecule has 1 heterocycles. The molecular formula is C12H14N2. The molecule has 0 radical (unpaired) electrons. The maximum Gasteiger partial charge on any atom is 0.0734 e. The van der Waals surface area contributed by atoms with Crippen molar-refractivity contribution in [2.45, 2.75) is 20.4 Å². The molecule has 0 spiro atoms. The largest absolute Gasteiger partial charge is 0.326 e. The average molecular weight is 186 g/mol. The molecule has 14 heavy (non-hydrogen) atoms. The van der Waals surface area contributed by atoms with Gasteiger partial charge in [0.05, 0.1) is 5.52 Å². The number of rotatable bonds is 1. The third-order valence-corrected chi connectivity index (χ3v) is 2.42. The highest BCUT2D eigenvalue weighted by molar-refractivity contribution is 5.82. The second-order valence-electron chi connectivity index (χ2n) is 3.64. The Kier molecular flexibility index (Phi) is 2.22. The van der Waals surface area contributed by atoms with Gasteiger partial charge in [0.15, 0.2) is 0 Å². The minimum atomic E-state index is 0.588. The van der Waals surface area contributed by atoms with Gasteiger partial charge in [0, 0.05) is 17.6 Å². The van der Waals surface area contributed by atoms with Crippen molar-refractivity contribution >= 4 is 10.9 Å². The zero-order valence-electron chi connectivity index (χ0n) is 8.54. The first-order valence-electron chi connectivity index (χ1n) is 4.77. The molecule has 0 amide bonds. The number of hydrogen-bond donors (Lipinski definition) is 1. The van der Waals surface area contributed by atoms with Crippen LogP contribution in [0.3, 0.4) is 0 Å². The van der Waals surface area contributed by atoms with E-state index in [1.165, 1.54) is 16.5 Å². The highest BCUT2D eigenvalue weighted by atomic mass is 14.7. The zero-order chi connectivity index (χ0) is 10.1. The molecule has 0 saturated heterocycles. The van der Waals surface area contributed by atoms with Crippen LogP contribution in [0.5, 0.6) is 0 Å². The van der Waals surface area contributed by atoms with Gasteiger partial charge in [-0.25, -0.2) is 0 Å². The summed E-state index contributed by atoms with van der Waals surface area (Å²) in [5.41, 5.74) is 10.1. The zero-order valence-corrected chi connectivity index (χ0v) is 8.54.